The summed E-state index contributed by atoms with van der Waals surface area (Å²) in [5, 5.41) is 13.4. The Morgan fingerprint density at radius 3 is 2.60 bits per heavy atom. The lowest BCUT2D eigenvalue weighted by molar-refractivity contribution is -0.121. The topological polar surface area (TPSA) is 65.5 Å². The van der Waals surface area contributed by atoms with Crippen LogP contribution < -0.4 is 10.2 Å². The van der Waals surface area contributed by atoms with E-state index in [1.165, 1.54) is 6.20 Å². The van der Waals surface area contributed by atoms with Gasteiger partial charge >= 0.3 is 0 Å². The van der Waals surface area contributed by atoms with Gasteiger partial charge in [-0.15, -0.1) is 0 Å². The number of aromatic nitrogens is 1. The van der Waals surface area contributed by atoms with Crippen LogP contribution in [0.25, 0.3) is 0 Å². The minimum Gasteiger partial charge on any atom is -0.388 e. The third kappa shape index (κ3) is 4.98. The first kappa shape index (κ1) is 16.7. The predicted octanol–water partition coefficient (Wildman–Crippen LogP) is 1.84. The number of hydrogen-bond donors (Lipinski definition) is 2. The molecule has 1 aromatic rings. The Morgan fingerprint density at radius 2 is 2.10 bits per heavy atom. The molecule has 0 aliphatic carbocycles. The molecule has 0 saturated heterocycles. The van der Waals surface area contributed by atoms with E-state index in [0.717, 1.165) is 0 Å². The summed E-state index contributed by atoms with van der Waals surface area (Å²) >= 11 is 5.77. The zero-order chi connectivity index (χ0) is 15.2. The molecule has 1 heterocycles. The van der Waals surface area contributed by atoms with E-state index in [0.29, 0.717) is 23.7 Å². The Hall–Kier alpha value is -1.33. The van der Waals surface area contributed by atoms with E-state index in [1.54, 1.807) is 24.1 Å². The number of likely N-dealkylation sites (N-methyl/N-ethyl adjacent to an activating group) is 1. The fraction of sp³-hybridized carbons (Fsp3) is 0.571. The Labute approximate surface area is 125 Å². The molecule has 5 nitrogen and oxygen atoms in total. The lowest BCUT2D eigenvalue weighted by atomic mass is 9.98. The third-order valence-electron chi connectivity index (χ3n) is 3.41. The molecule has 1 rings (SSSR count). The van der Waals surface area contributed by atoms with Crippen molar-refractivity contribution in [1.29, 1.82) is 0 Å². The van der Waals surface area contributed by atoms with Crippen LogP contribution in [0.15, 0.2) is 18.3 Å². The van der Waals surface area contributed by atoms with Crippen molar-refractivity contribution >= 4 is 23.3 Å². The van der Waals surface area contributed by atoms with Crippen LogP contribution in [0.1, 0.15) is 26.7 Å². The van der Waals surface area contributed by atoms with Gasteiger partial charge in [-0.25, -0.2) is 4.98 Å². The Bertz CT molecular complexity index is 433. The van der Waals surface area contributed by atoms with Crippen molar-refractivity contribution in [3.8, 4) is 0 Å². The number of halogens is 1. The van der Waals surface area contributed by atoms with Crippen molar-refractivity contribution in [3.05, 3.63) is 23.4 Å². The predicted molar refractivity (Wildman–Crippen MR) is 81.1 cm³/mol. The van der Waals surface area contributed by atoms with Gasteiger partial charge in [-0.3, -0.25) is 4.79 Å². The second-order valence-electron chi connectivity index (χ2n) is 4.90. The van der Waals surface area contributed by atoms with Crippen molar-refractivity contribution in [3.63, 3.8) is 0 Å². The van der Waals surface area contributed by atoms with Crippen LogP contribution in [0.4, 0.5) is 5.82 Å². The van der Waals surface area contributed by atoms with E-state index in [2.05, 4.69) is 10.3 Å². The highest BCUT2D eigenvalue weighted by Crippen LogP contribution is 2.14. The van der Waals surface area contributed by atoms with Crippen LogP contribution in [0.5, 0.6) is 0 Å². The molecule has 0 unspecified atom stereocenters. The minimum absolute atomic E-state index is 0.149. The molecular weight excluding hydrogens is 278 g/mol. The van der Waals surface area contributed by atoms with Crippen LogP contribution in [-0.4, -0.2) is 41.7 Å². The van der Waals surface area contributed by atoms with Crippen LogP contribution in [0.3, 0.4) is 0 Å². The maximum absolute atomic E-state index is 11.9. The largest absolute Gasteiger partial charge is 0.388 e. The molecule has 112 valence electrons. The van der Waals surface area contributed by atoms with Crippen LogP contribution in [0, 0.1) is 0 Å². The third-order valence-corrected chi connectivity index (χ3v) is 3.64. The first-order valence-corrected chi connectivity index (χ1v) is 7.09. The first-order chi connectivity index (χ1) is 9.40. The van der Waals surface area contributed by atoms with Crippen molar-refractivity contribution in [2.24, 2.45) is 0 Å². The molecule has 0 aliphatic rings. The number of nitrogens with one attached hydrogen (secondary N) is 1. The number of hydrogen-bond acceptors (Lipinski definition) is 4. The molecule has 0 spiro atoms. The van der Waals surface area contributed by atoms with Gasteiger partial charge in [0.2, 0.25) is 5.91 Å². The molecule has 0 fully saturated rings. The fourth-order valence-corrected chi connectivity index (χ4v) is 1.82. The number of pyridine rings is 1. The molecule has 6 heteroatoms. The van der Waals surface area contributed by atoms with E-state index < -0.39 is 5.60 Å². The molecule has 0 atom stereocenters. The SMILES string of the molecule is CCC(O)(CC)CNC(=O)CN(C)c1ccc(Cl)cn1. The summed E-state index contributed by atoms with van der Waals surface area (Å²) in [6.07, 6.45) is 2.76. The highest BCUT2D eigenvalue weighted by molar-refractivity contribution is 6.30. The quantitative estimate of drug-likeness (QED) is 0.806. The van der Waals surface area contributed by atoms with Gasteiger partial charge < -0.3 is 15.3 Å². The highest BCUT2D eigenvalue weighted by Gasteiger charge is 2.22. The zero-order valence-electron chi connectivity index (χ0n) is 12.2. The fourth-order valence-electron chi connectivity index (χ4n) is 1.71. The summed E-state index contributed by atoms with van der Waals surface area (Å²) in [6.45, 7) is 4.25. The summed E-state index contributed by atoms with van der Waals surface area (Å²) in [5.74, 6) is 0.523. The van der Waals surface area contributed by atoms with Gasteiger partial charge in [0, 0.05) is 19.8 Å². The van der Waals surface area contributed by atoms with E-state index in [4.69, 9.17) is 11.6 Å². The molecule has 0 bridgehead atoms. The Kier molecular flexibility index (Phi) is 6.23. The number of aliphatic hydroxyl groups is 1. The van der Waals surface area contributed by atoms with Crippen molar-refractivity contribution in [2.45, 2.75) is 32.3 Å². The number of amides is 1. The van der Waals surface area contributed by atoms with Crippen LogP contribution in [0.2, 0.25) is 5.02 Å². The Balaban J connectivity index is 2.48. The second-order valence-corrected chi connectivity index (χ2v) is 5.34. The second kappa shape index (κ2) is 7.45. The smallest absolute Gasteiger partial charge is 0.239 e. The van der Waals surface area contributed by atoms with Crippen molar-refractivity contribution < 1.29 is 9.90 Å². The minimum atomic E-state index is -0.827. The number of carbonyl (C=O) groups excluding carboxylic acids is 1. The monoisotopic (exact) mass is 299 g/mol. The molecule has 0 aromatic carbocycles. The average molecular weight is 300 g/mol. The van der Waals surface area contributed by atoms with Gasteiger partial charge in [-0.05, 0) is 25.0 Å². The summed E-state index contributed by atoms with van der Waals surface area (Å²) in [7, 11) is 1.78. The lowest BCUT2D eigenvalue weighted by Crippen LogP contribution is -2.45. The standard InChI is InChI=1S/C14H22ClN3O2/c1-4-14(20,5-2)10-17-13(19)9-18(3)12-7-6-11(15)8-16-12/h6-8,20H,4-5,9-10H2,1-3H3,(H,17,19). The Morgan fingerprint density at radius 1 is 1.45 bits per heavy atom. The van der Waals surface area contributed by atoms with Gasteiger partial charge in [0.15, 0.2) is 0 Å². The first-order valence-electron chi connectivity index (χ1n) is 6.72. The molecule has 0 saturated carbocycles. The highest BCUT2D eigenvalue weighted by atomic mass is 35.5. The lowest BCUT2D eigenvalue weighted by Gasteiger charge is -2.26. The van der Waals surface area contributed by atoms with E-state index >= 15 is 0 Å². The maximum Gasteiger partial charge on any atom is 0.239 e. The molecule has 2 N–H and O–H groups in total. The average Bonchev–Trinajstić information content (AvgIpc) is 2.45. The van der Waals surface area contributed by atoms with Crippen molar-refractivity contribution in [1.82, 2.24) is 10.3 Å². The normalized spacial score (nSPS) is 11.2. The van der Waals surface area contributed by atoms with Crippen LogP contribution in [-0.2, 0) is 4.79 Å². The van der Waals surface area contributed by atoms with Gasteiger partial charge in [-0.1, -0.05) is 25.4 Å². The van der Waals surface area contributed by atoms with Gasteiger partial charge in [-0.2, -0.15) is 0 Å². The molecule has 1 aromatic heterocycles. The van der Waals surface area contributed by atoms with E-state index in [1.807, 2.05) is 13.8 Å². The molecular formula is C14H22ClN3O2. The summed E-state index contributed by atoms with van der Waals surface area (Å²) in [4.78, 5) is 17.7. The molecule has 20 heavy (non-hydrogen) atoms. The number of carbonyl (C=O) groups is 1. The van der Waals surface area contributed by atoms with Crippen molar-refractivity contribution in [2.75, 3.05) is 25.0 Å². The summed E-state index contributed by atoms with van der Waals surface area (Å²) in [6, 6.07) is 3.48. The number of rotatable bonds is 7. The van der Waals surface area contributed by atoms with Gasteiger partial charge in [0.05, 0.1) is 17.2 Å². The van der Waals surface area contributed by atoms with E-state index in [-0.39, 0.29) is 19.0 Å². The zero-order valence-corrected chi connectivity index (χ0v) is 12.9. The summed E-state index contributed by atoms with van der Waals surface area (Å²) < 4.78 is 0. The van der Waals surface area contributed by atoms with Crippen LogP contribution >= 0.6 is 11.6 Å². The molecule has 1 amide bonds. The number of anilines is 1. The summed E-state index contributed by atoms with van der Waals surface area (Å²) in [5.41, 5.74) is -0.827. The van der Waals surface area contributed by atoms with E-state index in [9.17, 15) is 9.90 Å². The molecule has 0 radical (unpaired) electrons. The van der Waals surface area contributed by atoms with Gasteiger partial charge in [0.1, 0.15) is 5.82 Å². The molecule has 0 aliphatic heterocycles. The maximum atomic E-state index is 11.9. The van der Waals surface area contributed by atoms with Gasteiger partial charge in [0.25, 0.3) is 0 Å². The number of nitrogens with zero attached hydrogens (tertiary/aromatic N) is 2.